The Morgan fingerprint density at radius 2 is 2.05 bits per heavy atom. The van der Waals surface area contributed by atoms with E-state index < -0.39 is 6.10 Å². The lowest BCUT2D eigenvalue weighted by Gasteiger charge is -2.15. The topological polar surface area (TPSA) is 58.6 Å². The molecule has 5 heteroatoms. The van der Waals surface area contributed by atoms with Crippen LogP contribution in [0.2, 0.25) is 5.02 Å². The predicted molar refractivity (Wildman–Crippen MR) is 83.0 cm³/mol. The van der Waals surface area contributed by atoms with Crippen LogP contribution in [0.1, 0.15) is 12.5 Å². The highest BCUT2D eigenvalue weighted by atomic mass is 35.5. The van der Waals surface area contributed by atoms with Crippen LogP contribution in [0.5, 0.6) is 11.5 Å². The molecule has 110 valence electrons. The van der Waals surface area contributed by atoms with Gasteiger partial charge in [-0.1, -0.05) is 23.7 Å². The third kappa shape index (κ3) is 4.13. The van der Waals surface area contributed by atoms with E-state index in [1.54, 1.807) is 50.2 Å². The number of anilines is 1. The van der Waals surface area contributed by atoms with Gasteiger partial charge in [-0.3, -0.25) is 4.79 Å². The normalized spacial score (nSPS) is 11.8. The molecule has 4 nitrogen and oxygen atoms in total. The first-order valence-corrected chi connectivity index (χ1v) is 6.86. The van der Waals surface area contributed by atoms with Crippen LogP contribution in [0.25, 0.3) is 0 Å². The Bertz CT molecular complexity index is 658. The Kier molecular flexibility index (Phi) is 4.70. The fourth-order valence-corrected chi connectivity index (χ4v) is 1.91. The fourth-order valence-electron chi connectivity index (χ4n) is 1.73. The monoisotopic (exact) mass is 305 g/mol. The highest BCUT2D eigenvalue weighted by Gasteiger charge is 2.15. The van der Waals surface area contributed by atoms with Crippen LogP contribution < -0.4 is 10.1 Å². The van der Waals surface area contributed by atoms with Crippen molar-refractivity contribution in [1.82, 2.24) is 0 Å². The van der Waals surface area contributed by atoms with Crippen molar-refractivity contribution < 1.29 is 14.6 Å². The summed E-state index contributed by atoms with van der Waals surface area (Å²) in [5, 5.41) is 12.9. The summed E-state index contributed by atoms with van der Waals surface area (Å²) in [5.41, 5.74) is 1.26. The van der Waals surface area contributed by atoms with Gasteiger partial charge in [-0.25, -0.2) is 0 Å². The van der Waals surface area contributed by atoms with Gasteiger partial charge in [0.05, 0.1) is 0 Å². The second-order valence-electron chi connectivity index (χ2n) is 4.71. The summed E-state index contributed by atoms with van der Waals surface area (Å²) < 4.78 is 5.52. The van der Waals surface area contributed by atoms with E-state index in [-0.39, 0.29) is 11.7 Å². The zero-order valence-electron chi connectivity index (χ0n) is 11.8. The molecule has 1 atom stereocenters. The lowest BCUT2D eigenvalue weighted by atomic mass is 10.2. The van der Waals surface area contributed by atoms with E-state index >= 15 is 0 Å². The maximum atomic E-state index is 12.0. The van der Waals surface area contributed by atoms with Crippen molar-refractivity contribution in [3.05, 3.63) is 53.1 Å². The molecule has 0 saturated heterocycles. The molecule has 21 heavy (non-hydrogen) atoms. The van der Waals surface area contributed by atoms with E-state index in [1.165, 1.54) is 6.07 Å². The Labute approximate surface area is 128 Å². The molecule has 0 aromatic heterocycles. The van der Waals surface area contributed by atoms with Gasteiger partial charge in [-0.15, -0.1) is 0 Å². The Morgan fingerprint density at radius 3 is 2.71 bits per heavy atom. The van der Waals surface area contributed by atoms with E-state index in [4.69, 9.17) is 16.3 Å². The summed E-state index contributed by atoms with van der Waals surface area (Å²) in [5.74, 6) is 0.353. The van der Waals surface area contributed by atoms with E-state index in [0.717, 1.165) is 5.56 Å². The van der Waals surface area contributed by atoms with Crippen molar-refractivity contribution in [2.24, 2.45) is 0 Å². The average Bonchev–Trinajstić information content (AvgIpc) is 2.43. The summed E-state index contributed by atoms with van der Waals surface area (Å²) in [6.45, 7) is 3.43. The number of aromatic hydroxyl groups is 1. The van der Waals surface area contributed by atoms with Crippen LogP contribution in [0.3, 0.4) is 0 Å². The second-order valence-corrected chi connectivity index (χ2v) is 5.14. The summed E-state index contributed by atoms with van der Waals surface area (Å²) >= 11 is 5.86. The molecule has 2 aromatic carbocycles. The van der Waals surface area contributed by atoms with E-state index in [9.17, 15) is 9.90 Å². The van der Waals surface area contributed by atoms with Gasteiger partial charge >= 0.3 is 0 Å². The molecular weight excluding hydrogens is 290 g/mol. The van der Waals surface area contributed by atoms with Crippen molar-refractivity contribution in [3.63, 3.8) is 0 Å². The van der Waals surface area contributed by atoms with E-state index in [2.05, 4.69) is 5.32 Å². The lowest BCUT2D eigenvalue weighted by Crippen LogP contribution is -2.30. The first-order valence-electron chi connectivity index (χ1n) is 6.48. The van der Waals surface area contributed by atoms with Gasteiger partial charge in [0.25, 0.3) is 5.91 Å². The van der Waals surface area contributed by atoms with Crippen LogP contribution in [0, 0.1) is 6.92 Å². The number of phenolic OH excluding ortho intramolecular Hbond substituents is 1. The number of carbonyl (C=O) groups is 1. The zero-order valence-corrected chi connectivity index (χ0v) is 12.5. The largest absolute Gasteiger partial charge is 0.508 e. The smallest absolute Gasteiger partial charge is 0.265 e. The molecule has 0 saturated carbocycles. The number of nitrogens with one attached hydrogen (secondary N) is 1. The Morgan fingerprint density at radius 1 is 1.29 bits per heavy atom. The predicted octanol–water partition coefficient (Wildman–Crippen LogP) is 3.76. The van der Waals surface area contributed by atoms with Gasteiger partial charge in [0.1, 0.15) is 11.5 Å². The van der Waals surface area contributed by atoms with E-state index in [0.29, 0.717) is 16.5 Å². The van der Waals surface area contributed by atoms with Gasteiger partial charge in [-0.2, -0.15) is 0 Å². The molecule has 1 amide bonds. The maximum Gasteiger partial charge on any atom is 0.265 e. The number of ether oxygens (including phenoxy) is 1. The molecular formula is C16H16ClNO3. The third-order valence-corrected chi connectivity index (χ3v) is 3.19. The molecule has 0 radical (unpaired) electrons. The number of rotatable bonds is 4. The van der Waals surface area contributed by atoms with Crippen LogP contribution in [0.4, 0.5) is 5.69 Å². The summed E-state index contributed by atoms with van der Waals surface area (Å²) in [7, 11) is 0. The van der Waals surface area contributed by atoms with Gasteiger partial charge in [0.2, 0.25) is 0 Å². The number of benzene rings is 2. The number of phenols is 1. The summed E-state index contributed by atoms with van der Waals surface area (Å²) in [4.78, 5) is 12.0. The standard InChI is InChI=1S/C16H16ClNO3/c1-10-6-7-13(9-15(10)19)18-16(20)11(2)21-14-5-3-4-12(17)8-14/h3-9,11,19H,1-2H3,(H,18,20)/t11-/m0/s1. The van der Waals surface area contributed by atoms with Crippen molar-refractivity contribution >= 4 is 23.2 Å². The number of aryl methyl sites for hydroxylation is 1. The van der Waals surface area contributed by atoms with E-state index in [1.807, 2.05) is 0 Å². The molecule has 0 aliphatic heterocycles. The van der Waals surface area contributed by atoms with Crippen molar-refractivity contribution in [2.75, 3.05) is 5.32 Å². The first-order chi connectivity index (χ1) is 9.95. The zero-order chi connectivity index (χ0) is 15.4. The number of carbonyl (C=O) groups excluding carboxylic acids is 1. The molecule has 0 bridgehead atoms. The molecule has 2 aromatic rings. The lowest BCUT2D eigenvalue weighted by molar-refractivity contribution is -0.122. The molecule has 0 unspecified atom stereocenters. The highest BCUT2D eigenvalue weighted by Crippen LogP contribution is 2.22. The maximum absolute atomic E-state index is 12.0. The summed E-state index contributed by atoms with van der Waals surface area (Å²) in [6.07, 6.45) is -0.688. The van der Waals surface area contributed by atoms with Crippen LogP contribution in [0.15, 0.2) is 42.5 Å². The number of amides is 1. The Balaban J connectivity index is 2.00. The minimum Gasteiger partial charge on any atom is -0.508 e. The summed E-state index contributed by atoms with van der Waals surface area (Å²) in [6, 6.07) is 11.8. The van der Waals surface area contributed by atoms with Gasteiger partial charge < -0.3 is 15.2 Å². The molecule has 2 N–H and O–H groups in total. The number of hydrogen-bond acceptors (Lipinski definition) is 3. The quantitative estimate of drug-likeness (QED) is 0.904. The molecule has 0 spiro atoms. The van der Waals surface area contributed by atoms with Crippen LogP contribution in [-0.2, 0) is 4.79 Å². The second kappa shape index (κ2) is 6.50. The molecule has 0 aliphatic rings. The van der Waals surface area contributed by atoms with Gasteiger partial charge in [0.15, 0.2) is 6.10 Å². The van der Waals surface area contributed by atoms with Crippen molar-refractivity contribution in [3.8, 4) is 11.5 Å². The molecule has 0 fully saturated rings. The fraction of sp³-hybridized carbons (Fsp3) is 0.188. The molecule has 0 heterocycles. The van der Waals surface area contributed by atoms with Crippen molar-refractivity contribution in [2.45, 2.75) is 20.0 Å². The van der Waals surface area contributed by atoms with Crippen molar-refractivity contribution in [1.29, 1.82) is 0 Å². The SMILES string of the molecule is Cc1ccc(NC(=O)[C@H](C)Oc2cccc(Cl)c2)cc1O. The minimum absolute atomic E-state index is 0.135. The van der Waals surface area contributed by atoms with Gasteiger partial charge in [-0.05, 0) is 43.7 Å². The number of halogens is 1. The first kappa shape index (κ1) is 15.2. The average molecular weight is 306 g/mol. The molecule has 2 rings (SSSR count). The minimum atomic E-state index is -0.688. The highest BCUT2D eigenvalue weighted by molar-refractivity contribution is 6.30. The van der Waals surface area contributed by atoms with Gasteiger partial charge in [0, 0.05) is 16.8 Å². The van der Waals surface area contributed by atoms with Crippen LogP contribution in [-0.4, -0.2) is 17.1 Å². The number of hydrogen-bond donors (Lipinski definition) is 2. The third-order valence-electron chi connectivity index (χ3n) is 2.95. The van der Waals surface area contributed by atoms with Crippen LogP contribution >= 0.6 is 11.6 Å². The Hall–Kier alpha value is -2.20. The molecule has 0 aliphatic carbocycles.